The van der Waals surface area contributed by atoms with Gasteiger partial charge in [-0.15, -0.1) is 0 Å². The number of benzene rings is 1. The first-order valence-corrected chi connectivity index (χ1v) is 7.69. The second kappa shape index (κ2) is 6.84. The fourth-order valence-corrected chi connectivity index (χ4v) is 2.30. The smallest absolute Gasteiger partial charge is 0.232 e. The minimum absolute atomic E-state index is 0.172. The molecule has 0 unspecified atom stereocenters. The van der Waals surface area contributed by atoms with Crippen LogP contribution in [-0.2, 0) is 5.41 Å². The molecule has 0 radical (unpaired) electrons. The zero-order valence-corrected chi connectivity index (χ0v) is 14.4. The monoisotopic (exact) mass is 312 g/mol. The number of rotatable bonds is 5. The van der Waals surface area contributed by atoms with Crippen molar-refractivity contribution in [3.05, 3.63) is 47.5 Å². The molecule has 1 N–H and O–H groups in total. The molecule has 5 heteroatoms. The largest absolute Gasteiger partial charge is 0.423 e. The lowest BCUT2D eigenvalue weighted by Gasteiger charge is -2.25. The second-order valence-corrected chi connectivity index (χ2v) is 6.83. The molecular weight excluding hydrogens is 288 g/mol. The standard InChI is InChI=1S/C18H24N4O/c1-18(2,3)17-21-14(11-19)16(23-17)20-12-15(22(4)5)13-9-7-6-8-10-13/h6-10,15,20H,12H2,1-5H3/t15-/m0/s1. The summed E-state index contributed by atoms with van der Waals surface area (Å²) < 4.78 is 5.77. The van der Waals surface area contributed by atoms with Gasteiger partial charge in [-0.25, -0.2) is 0 Å². The summed E-state index contributed by atoms with van der Waals surface area (Å²) in [4.78, 5) is 6.43. The first-order valence-electron chi connectivity index (χ1n) is 7.69. The maximum absolute atomic E-state index is 9.27. The molecule has 1 aromatic heterocycles. The average molecular weight is 312 g/mol. The maximum atomic E-state index is 9.27. The van der Waals surface area contributed by atoms with Gasteiger partial charge in [0.15, 0.2) is 0 Å². The van der Waals surface area contributed by atoms with E-state index < -0.39 is 0 Å². The number of aromatic nitrogens is 1. The van der Waals surface area contributed by atoms with Crippen molar-refractivity contribution in [3.63, 3.8) is 0 Å². The van der Waals surface area contributed by atoms with Crippen LogP contribution in [0.25, 0.3) is 0 Å². The lowest BCUT2D eigenvalue weighted by atomic mass is 9.97. The van der Waals surface area contributed by atoms with Gasteiger partial charge in [-0.05, 0) is 19.7 Å². The van der Waals surface area contributed by atoms with Crippen molar-refractivity contribution >= 4 is 5.88 Å². The van der Waals surface area contributed by atoms with Gasteiger partial charge >= 0.3 is 0 Å². The summed E-state index contributed by atoms with van der Waals surface area (Å²) in [5.41, 5.74) is 1.28. The molecule has 0 saturated carbocycles. The van der Waals surface area contributed by atoms with E-state index >= 15 is 0 Å². The number of oxazole rings is 1. The normalized spacial score (nSPS) is 12.9. The molecule has 0 aliphatic rings. The molecule has 2 aromatic rings. The third kappa shape index (κ3) is 4.11. The maximum Gasteiger partial charge on any atom is 0.232 e. The predicted octanol–water partition coefficient (Wildman–Crippen LogP) is 3.56. The third-order valence-electron chi connectivity index (χ3n) is 3.64. The molecular formula is C18H24N4O. The summed E-state index contributed by atoms with van der Waals surface area (Å²) in [7, 11) is 4.07. The van der Waals surface area contributed by atoms with E-state index in [4.69, 9.17) is 4.42 Å². The molecule has 1 aromatic carbocycles. The number of hydrogen-bond donors (Lipinski definition) is 1. The summed E-state index contributed by atoms with van der Waals surface area (Å²) in [6.07, 6.45) is 0. The topological polar surface area (TPSA) is 65.1 Å². The molecule has 0 saturated heterocycles. The molecule has 1 heterocycles. The minimum Gasteiger partial charge on any atom is -0.423 e. The van der Waals surface area contributed by atoms with Crippen LogP contribution in [-0.4, -0.2) is 30.5 Å². The van der Waals surface area contributed by atoms with E-state index in [9.17, 15) is 5.26 Å². The number of anilines is 1. The molecule has 0 aliphatic heterocycles. The summed E-state index contributed by atoms with van der Waals surface area (Å²) >= 11 is 0. The number of nitrogens with zero attached hydrogens (tertiary/aromatic N) is 3. The second-order valence-electron chi connectivity index (χ2n) is 6.83. The van der Waals surface area contributed by atoms with E-state index in [0.717, 1.165) is 0 Å². The fourth-order valence-electron chi connectivity index (χ4n) is 2.30. The van der Waals surface area contributed by atoms with Gasteiger partial charge < -0.3 is 14.6 Å². The number of hydrogen-bond acceptors (Lipinski definition) is 5. The van der Waals surface area contributed by atoms with Crippen LogP contribution in [0.15, 0.2) is 34.7 Å². The van der Waals surface area contributed by atoms with Crippen LogP contribution in [0.5, 0.6) is 0 Å². The lowest BCUT2D eigenvalue weighted by molar-refractivity contribution is 0.309. The lowest BCUT2D eigenvalue weighted by Crippen LogP contribution is -2.26. The van der Waals surface area contributed by atoms with Crippen molar-refractivity contribution in [1.29, 1.82) is 5.26 Å². The molecule has 2 rings (SSSR count). The Labute approximate surface area is 137 Å². The molecule has 0 aliphatic carbocycles. The highest BCUT2D eigenvalue weighted by atomic mass is 16.4. The Kier molecular flexibility index (Phi) is 5.07. The molecule has 122 valence electrons. The minimum atomic E-state index is -0.230. The van der Waals surface area contributed by atoms with E-state index in [1.807, 2.05) is 53.1 Å². The van der Waals surface area contributed by atoms with Crippen molar-refractivity contribution in [2.24, 2.45) is 0 Å². The van der Waals surface area contributed by atoms with Crippen LogP contribution in [0, 0.1) is 11.3 Å². The van der Waals surface area contributed by atoms with Gasteiger partial charge in [0.2, 0.25) is 17.5 Å². The highest BCUT2D eigenvalue weighted by Crippen LogP contribution is 2.27. The zero-order valence-electron chi connectivity index (χ0n) is 14.4. The quantitative estimate of drug-likeness (QED) is 0.914. The molecule has 0 bridgehead atoms. The fraction of sp³-hybridized carbons (Fsp3) is 0.444. The Morgan fingerprint density at radius 1 is 1.26 bits per heavy atom. The van der Waals surface area contributed by atoms with Crippen molar-refractivity contribution in [2.75, 3.05) is 26.0 Å². The molecule has 0 fully saturated rings. The molecule has 0 amide bonds. The van der Waals surface area contributed by atoms with Crippen molar-refractivity contribution < 1.29 is 4.42 Å². The van der Waals surface area contributed by atoms with Gasteiger partial charge in [0.05, 0.1) is 6.04 Å². The first kappa shape index (κ1) is 17.0. The molecule has 1 atom stereocenters. The molecule has 23 heavy (non-hydrogen) atoms. The SMILES string of the molecule is CN(C)[C@@H](CNc1oc(C(C)(C)C)nc1C#N)c1ccccc1. The first-order chi connectivity index (χ1) is 10.8. The average Bonchev–Trinajstić information content (AvgIpc) is 2.91. The van der Waals surface area contributed by atoms with E-state index in [0.29, 0.717) is 24.0 Å². The summed E-state index contributed by atoms with van der Waals surface area (Å²) in [6, 6.07) is 12.5. The Morgan fingerprint density at radius 2 is 1.91 bits per heavy atom. The van der Waals surface area contributed by atoms with E-state index in [1.165, 1.54) is 5.56 Å². The number of nitrogens with one attached hydrogen (secondary N) is 1. The van der Waals surface area contributed by atoms with Crippen LogP contribution < -0.4 is 5.32 Å². The van der Waals surface area contributed by atoms with E-state index in [-0.39, 0.29) is 11.5 Å². The van der Waals surface area contributed by atoms with Gasteiger partial charge in [-0.3, -0.25) is 0 Å². The van der Waals surface area contributed by atoms with Gasteiger partial charge in [-0.2, -0.15) is 10.2 Å². The van der Waals surface area contributed by atoms with Crippen molar-refractivity contribution in [3.8, 4) is 6.07 Å². The molecule has 5 nitrogen and oxygen atoms in total. The summed E-state index contributed by atoms with van der Waals surface area (Å²) in [6.45, 7) is 6.66. The summed E-state index contributed by atoms with van der Waals surface area (Å²) in [5, 5.41) is 12.5. The Bertz CT molecular complexity index is 677. The molecule has 0 spiro atoms. The Hall–Kier alpha value is -2.32. The predicted molar refractivity (Wildman–Crippen MR) is 91.3 cm³/mol. The van der Waals surface area contributed by atoms with Crippen LogP contribution in [0.3, 0.4) is 0 Å². The van der Waals surface area contributed by atoms with Crippen LogP contribution >= 0.6 is 0 Å². The Balaban J connectivity index is 2.19. The van der Waals surface area contributed by atoms with Gasteiger partial charge in [-0.1, -0.05) is 51.1 Å². The van der Waals surface area contributed by atoms with Gasteiger partial charge in [0, 0.05) is 12.0 Å². The van der Waals surface area contributed by atoms with Crippen molar-refractivity contribution in [1.82, 2.24) is 9.88 Å². The van der Waals surface area contributed by atoms with Crippen molar-refractivity contribution in [2.45, 2.75) is 32.2 Å². The van der Waals surface area contributed by atoms with Crippen LogP contribution in [0.1, 0.15) is 44.0 Å². The number of nitriles is 1. The Morgan fingerprint density at radius 3 is 2.43 bits per heavy atom. The van der Waals surface area contributed by atoms with E-state index in [1.54, 1.807) is 0 Å². The van der Waals surface area contributed by atoms with Gasteiger partial charge in [0.1, 0.15) is 6.07 Å². The van der Waals surface area contributed by atoms with Crippen LogP contribution in [0.2, 0.25) is 0 Å². The number of likely N-dealkylation sites (N-methyl/N-ethyl adjacent to an activating group) is 1. The van der Waals surface area contributed by atoms with Crippen LogP contribution in [0.4, 0.5) is 5.88 Å². The third-order valence-corrected chi connectivity index (χ3v) is 3.64. The van der Waals surface area contributed by atoms with Gasteiger partial charge in [0.25, 0.3) is 0 Å². The highest BCUT2D eigenvalue weighted by Gasteiger charge is 2.24. The zero-order chi connectivity index (χ0) is 17.0. The highest BCUT2D eigenvalue weighted by molar-refractivity contribution is 5.46. The van der Waals surface area contributed by atoms with E-state index in [2.05, 4.69) is 33.4 Å². The summed E-state index contributed by atoms with van der Waals surface area (Å²) in [5.74, 6) is 1.01.